The van der Waals surface area contributed by atoms with Crippen molar-refractivity contribution in [3.63, 3.8) is 0 Å². The second kappa shape index (κ2) is 3.95. The SMILES string of the molecule is CC(=O)c1ccc(-c2ccsc2C)cn1. The molecule has 0 aromatic carbocycles. The number of pyridine rings is 1. The van der Waals surface area contributed by atoms with Crippen LogP contribution in [0.5, 0.6) is 0 Å². The van der Waals surface area contributed by atoms with Gasteiger partial charge in [-0.3, -0.25) is 9.78 Å². The normalized spacial score (nSPS) is 10.3. The lowest BCUT2D eigenvalue weighted by molar-refractivity contribution is 0.101. The van der Waals surface area contributed by atoms with E-state index in [0.29, 0.717) is 5.69 Å². The molecular weight excluding hydrogens is 206 g/mol. The lowest BCUT2D eigenvalue weighted by Crippen LogP contribution is -1.95. The van der Waals surface area contributed by atoms with Gasteiger partial charge in [-0.05, 0) is 30.0 Å². The highest BCUT2D eigenvalue weighted by Gasteiger charge is 2.05. The number of thiophene rings is 1. The fourth-order valence-corrected chi connectivity index (χ4v) is 2.17. The zero-order valence-corrected chi connectivity index (χ0v) is 9.47. The molecule has 2 nitrogen and oxygen atoms in total. The van der Waals surface area contributed by atoms with E-state index >= 15 is 0 Å². The number of Topliss-reactive ketones (excluding diaryl/α,β-unsaturated/α-hetero) is 1. The van der Waals surface area contributed by atoms with Crippen LogP contribution in [-0.2, 0) is 0 Å². The van der Waals surface area contributed by atoms with Crippen molar-refractivity contribution in [2.45, 2.75) is 13.8 Å². The van der Waals surface area contributed by atoms with Gasteiger partial charge in [0.25, 0.3) is 0 Å². The molecule has 0 amide bonds. The van der Waals surface area contributed by atoms with Crippen LogP contribution in [0.2, 0.25) is 0 Å². The summed E-state index contributed by atoms with van der Waals surface area (Å²) in [5.74, 6) is 0.00332. The summed E-state index contributed by atoms with van der Waals surface area (Å²) < 4.78 is 0. The van der Waals surface area contributed by atoms with Gasteiger partial charge in [0.1, 0.15) is 5.69 Å². The van der Waals surface area contributed by atoms with E-state index in [1.54, 1.807) is 23.6 Å². The number of rotatable bonds is 2. The monoisotopic (exact) mass is 217 g/mol. The first-order valence-electron chi connectivity index (χ1n) is 4.70. The van der Waals surface area contributed by atoms with Gasteiger partial charge in [0.15, 0.2) is 5.78 Å². The number of hydrogen-bond donors (Lipinski definition) is 0. The van der Waals surface area contributed by atoms with Crippen LogP contribution in [0.25, 0.3) is 11.1 Å². The van der Waals surface area contributed by atoms with Crippen molar-refractivity contribution < 1.29 is 4.79 Å². The maximum absolute atomic E-state index is 11.0. The maximum atomic E-state index is 11.0. The molecular formula is C12H11NOS. The number of aryl methyl sites for hydroxylation is 1. The van der Waals surface area contributed by atoms with E-state index in [1.165, 1.54) is 17.4 Å². The molecule has 0 spiro atoms. The van der Waals surface area contributed by atoms with Crippen molar-refractivity contribution in [2.24, 2.45) is 0 Å². The third-order valence-corrected chi connectivity index (χ3v) is 3.14. The van der Waals surface area contributed by atoms with Gasteiger partial charge in [-0.25, -0.2) is 0 Å². The number of nitrogens with zero attached hydrogens (tertiary/aromatic N) is 1. The second-order valence-electron chi connectivity index (χ2n) is 3.38. The first kappa shape index (κ1) is 10.1. The predicted molar refractivity (Wildman–Crippen MR) is 62.3 cm³/mol. The van der Waals surface area contributed by atoms with Crippen molar-refractivity contribution in [3.05, 3.63) is 40.3 Å². The zero-order valence-electron chi connectivity index (χ0n) is 8.65. The summed E-state index contributed by atoms with van der Waals surface area (Å²) in [5.41, 5.74) is 2.79. The van der Waals surface area contributed by atoms with Crippen LogP contribution in [0.1, 0.15) is 22.3 Å². The highest BCUT2D eigenvalue weighted by Crippen LogP contribution is 2.26. The lowest BCUT2D eigenvalue weighted by atomic mass is 10.1. The molecule has 3 heteroatoms. The highest BCUT2D eigenvalue weighted by atomic mass is 32.1. The number of carbonyl (C=O) groups is 1. The summed E-state index contributed by atoms with van der Waals surface area (Å²) in [6.45, 7) is 3.61. The van der Waals surface area contributed by atoms with Crippen LogP contribution in [0.15, 0.2) is 29.8 Å². The molecule has 0 aliphatic carbocycles. The quantitative estimate of drug-likeness (QED) is 0.722. The molecule has 0 fully saturated rings. The minimum Gasteiger partial charge on any atom is -0.293 e. The number of carbonyl (C=O) groups excluding carboxylic acids is 1. The van der Waals surface area contributed by atoms with E-state index in [1.807, 2.05) is 6.07 Å². The fourth-order valence-electron chi connectivity index (χ4n) is 1.45. The summed E-state index contributed by atoms with van der Waals surface area (Å²) >= 11 is 1.72. The first-order valence-corrected chi connectivity index (χ1v) is 5.58. The molecule has 0 N–H and O–H groups in total. The van der Waals surface area contributed by atoms with E-state index in [0.717, 1.165) is 5.56 Å². The van der Waals surface area contributed by atoms with Crippen LogP contribution in [0.4, 0.5) is 0 Å². The Hall–Kier alpha value is -1.48. The topological polar surface area (TPSA) is 30.0 Å². The Labute approximate surface area is 92.6 Å². The molecule has 2 aromatic heterocycles. The molecule has 0 bridgehead atoms. The summed E-state index contributed by atoms with van der Waals surface area (Å²) in [6, 6.07) is 5.79. The molecule has 0 aliphatic rings. The Morgan fingerprint density at radius 1 is 1.33 bits per heavy atom. The van der Waals surface area contributed by atoms with Gasteiger partial charge in [0.2, 0.25) is 0 Å². The first-order chi connectivity index (χ1) is 7.18. The molecule has 0 radical (unpaired) electrons. The second-order valence-corrected chi connectivity index (χ2v) is 4.50. The average molecular weight is 217 g/mol. The lowest BCUT2D eigenvalue weighted by Gasteiger charge is -2.00. The van der Waals surface area contributed by atoms with Crippen LogP contribution in [0, 0.1) is 6.92 Å². The molecule has 0 saturated carbocycles. The summed E-state index contributed by atoms with van der Waals surface area (Å²) in [4.78, 5) is 16.5. The molecule has 0 aliphatic heterocycles. The average Bonchev–Trinajstić information content (AvgIpc) is 2.65. The van der Waals surface area contributed by atoms with E-state index in [4.69, 9.17) is 0 Å². The standard InChI is InChI=1S/C12H11NOS/c1-8(14)12-4-3-10(7-13-12)11-5-6-15-9(11)2/h3-7H,1-2H3. The maximum Gasteiger partial charge on any atom is 0.178 e. The Kier molecular flexibility index (Phi) is 2.64. The highest BCUT2D eigenvalue weighted by molar-refractivity contribution is 7.10. The Morgan fingerprint density at radius 2 is 2.13 bits per heavy atom. The van der Waals surface area contributed by atoms with Gasteiger partial charge >= 0.3 is 0 Å². The summed E-state index contributed by atoms with van der Waals surface area (Å²) in [5, 5.41) is 2.06. The smallest absolute Gasteiger partial charge is 0.178 e. The van der Waals surface area contributed by atoms with Crippen LogP contribution < -0.4 is 0 Å². The van der Waals surface area contributed by atoms with E-state index < -0.39 is 0 Å². The van der Waals surface area contributed by atoms with Gasteiger partial charge in [0.05, 0.1) is 0 Å². The number of ketones is 1. The molecule has 76 valence electrons. The minimum absolute atomic E-state index is 0.00332. The van der Waals surface area contributed by atoms with Gasteiger partial charge in [-0.2, -0.15) is 0 Å². The summed E-state index contributed by atoms with van der Waals surface area (Å²) in [7, 11) is 0. The van der Waals surface area contributed by atoms with Crippen molar-refractivity contribution in [2.75, 3.05) is 0 Å². The van der Waals surface area contributed by atoms with Crippen LogP contribution in [-0.4, -0.2) is 10.8 Å². The number of aromatic nitrogens is 1. The predicted octanol–water partition coefficient (Wildman–Crippen LogP) is 3.32. The third kappa shape index (κ3) is 1.97. The molecule has 2 aromatic rings. The van der Waals surface area contributed by atoms with Crippen molar-refractivity contribution in [1.82, 2.24) is 4.98 Å². The minimum atomic E-state index is 0.00332. The Bertz CT molecular complexity index is 485. The van der Waals surface area contributed by atoms with E-state index in [9.17, 15) is 4.79 Å². The molecule has 15 heavy (non-hydrogen) atoms. The van der Waals surface area contributed by atoms with Gasteiger partial charge in [-0.1, -0.05) is 6.07 Å². The zero-order chi connectivity index (χ0) is 10.8. The molecule has 0 unspecified atom stereocenters. The van der Waals surface area contributed by atoms with Crippen molar-refractivity contribution >= 4 is 17.1 Å². The molecule has 2 rings (SSSR count). The Balaban J connectivity index is 2.40. The van der Waals surface area contributed by atoms with Crippen LogP contribution in [0.3, 0.4) is 0 Å². The molecule has 2 heterocycles. The van der Waals surface area contributed by atoms with Gasteiger partial charge in [0, 0.05) is 23.6 Å². The summed E-state index contributed by atoms with van der Waals surface area (Å²) in [6.07, 6.45) is 1.76. The van der Waals surface area contributed by atoms with Crippen molar-refractivity contribution in [1.29, 1.82) is 0 Å². The van der Waals surface area contributed by atoms with Gasteiger partial charge in [-0.15, -0.1) is 11.3 Å². The largest absolute Gasteiger partial charge is 0.293 e. The number of hydrogen-bond acceptors (Lipinski definition) is 3. The van der Waals surface area contributed by atoms with Gasteiger partial charge < -0.3 is 0 Å². The van der Waals surface area contributed by atoms with E-state index in [-0.39, 0.29) is 5.78 Å². The molecule has 0 atom stereocenters. The fraction of sp³-hybridized carbons (Fsp3) is 0.167. The molecule has 0 saturated heterocycles. The van der Waals surface area contributed by atoms with Crippen molar-refractivity contribution in [3.8, 4) is 11.1 Å². The van der Waals surface area contributed by atoms with E-state index in [2.05, 4.69) is 23.4 Å². The van der Waals surface area contributed by atoms with Crippen LogP contribution >= 0.6 is 11.3 Å². The third-order valence-electron chi connectivity index (χ3n) is 2.29. The Morgan fingerprint density at radius 3 is 2.60 bits per heavy atom.